The monoisotopic (exact) mass is 1170 g/mol. The quantitative estimate of drug-likeness (QED) is 0.0481. The summed E-state index contributed by atoms with van der Waals surface area (Å²) in [6.45, 7) is 4.95. The van der Waals surface area contributed by atoms with Crippen LogP contribution in [0, 0.1) is 13.8 Å². The van der Waals surface area contributed by atoms with E-state index in [0.717, 1.165) is 51.8 Å². The maximum atomic E-state index is 4.94. The molecular weight excluding hydrogens is 1100 g/mol. The zero-order valence-corrected chi connectivity index (χ0v) is 51.0. The van der Waals surface area contributed by atoms with Gasteiger partial charge in [-0.05, 0) is 175 Å². The van der Waals surface area contributed by atoms with Crippen LogP contribution in [0.4, 0.5) is 34.1 Å². The highest BCUT2D eigenvalue weighted by Crippen LogP contribution is 2.37. The molecule has 0 amide bonds. The summed E-state index contributed by atoms with van der Waals surface area (Å²) in [7, 11) is 0. The number of nitrogens with one attached hydrogen (secondary N) is 1. The van der Waals surface area contributed by atoms with Gasteiger partial charge < -0.3 is 0 Å². The van der Waals surface area contributed by atoms with E-state index in [2.05, 4.69) is 285 Å². The van der Waals surface area contributed by atoms with Crippen LogP contribution in [-0.2, 0) is 6.54 Å². The number of hydrogen-bond acceptors (Lipinski definition) is 6. The maximum absolute atomic E-state index is 4.94. The highest BCUT2D eigenvalue weighted by Gasteiger charge is 2.15. The normalized spacial score (nSPS) is 11.2. The minimum absolute atomic E-state index is 0.734. The number of benzene rings is 15. The molecule has 0 heterocycles. The molecule has 0 atom stereocenters. The summed E-state index contributed by atoms with van der Waals surface area (Å²) < 4.78 is 0. The number of rotatable bonds is 15. The second-order valence-corrected chi connectivity index (χ2v) is 22.4. The highest BCUT2D eigenvalue weighted by atomic mass is 15.5. The predicted molar refractivity (Wildman–Crippen MR) is 389 cm³/mol. The van der Waals surface area contributed by atoms with Crippen molar-refractivity contribution in [3.05, 3.63) is 379 Å². The van der Waals surface area contributed by atoms with Crippen LogP contribution >= 0.6 is 0 Å². The number of hydrazone groups is 2. The number of para-hydroxylation sites is 6. The molecule has 0 fully saturated rings. The molecular formula is C85H68N6. The number of anilines is 6. The maximum Gasteiger partial charge on any atom is 0.0652 e. The summed E-state index contributed by atoms with van der Waals surface area (Å²) in [5, 5.41) is 28.7. The number of hydrogen-bond donors (Lipinski definition) is 1. The minimum atomic E-state index is 0.734. The molecule has 15 rings (SSSR count). The molecule has 0 spiro atoms. The van der Waals surface area contributed by atoms with Crippen molar-refractivity contribution in [2.24, 2.45) is 10.2 Å². The summed E-state index contributed by atoms with van der Waals surface area (Å²) in [4.78, 5) is 0. The molecule has 15 aromatic carbocycles. The van der Waals surface area contributed by atoms with Gasteiger partial charge >= 0.3 is 0 Å². The molecule has 0 saturated heterocycles. The van der Waals surface area contributed by atoms with Crippen molar-refractivity contribution in [2.75, 3.05) is 15.0 Å². The van der Waals surface area contributed by atoms with Crippen molar-refractivity contribution >= 4 is 106 Å². The van der Waals surface area contributed by atoms with E-state index in [-0.39, 0.29) is 0 Å². The van der Waals surface area contributed by atoms with Crippen LogP contribution in [0.1, 0.15) is 33.4 Å². The Balaban J connectivity index is 0.000000125. The Morgan fingerprint density at radius 2 is 0.703 bits per heavy atom. The van der Waals surface area contributed by atoms with Crippen LogP contribution in [0.25, 0.3) is 59.4 Å². The lowest BCUT2D eigenvalue weighted by Crippen LogP contribution is -2.33. The lowest BCUT2D eigenvalue weighted by atomic mass is 9.92. The molecule has 0 radical (unpaired) electrons. The molecule has 438 valence electrons. The molecule has 0 aromatic heterocycles. The largest absolute Gasteiger partial charge is 0.277 e. The molecule has 0 saturated carbocycles. The Bertz CT molecular complexity index is 4690. The molecule has 15 aromatic rings. The van der Waals surface area contributed by atoms with E-state index in [1.807, 2.05) is 107 Å². The minimum Gasteiger partial charge on any atom is -0.277 e. The molecule has 1 N–H and O–H groups in total. The number of fused-ring (bicyclic) bond motifs is 2. The fourth-order valence-electron chi connectivity index (χ4n) is 11.7. The van der Waals surface area contributed by atoms with Crippen molar-refractivity contribution in [3.8, 4) is 0 Å². The fourth-order valence-corrected chi connectivity index (χ4v) is 11.7. The summed E-state index contributed by atoms with van der Waals surface area (Å²) in [5.41, 5.74) is 18.4. The topological polar surface area (TPSA) is 46.5 Å². The van der Waals surface area contributed by atoms with Crippen LogP contribution in [0.15, 0.2) is 356 Å². The van der Waals surface area contributed by atoms with E-state index >= 15 is 0 Å². The van der Waals surface area contributed by atoms with Crippen molar-refractivity contribution < 1.29 is 0 Å². The third kappa shape index (κ3) is 13.6. The van der Waals surface area contributed by atoms with Crippen LogP contribution in [-0.4, -0.2) is 12.4 Å². The van der Waals surface area contributed by atoms with Crippen LogP contribution in [0.3, 0.4) is 0 Å². The van der Waals surface area contributed by atoms with Gasteiger partial charge in [0.25, 0.3) is 0 Å². The van der Waals surface area contributed by atoms with Gasteiger partial charge in [-0.25, -0.2) is 15.4 Å². The lowest BCUT2D eigenvalue weighted by molar-refractivity contribution is 0.711. The zero-order chi connectivity index (χ0) is 61.6. The molecule has 91 heavy (non-hydrogen) atoms. The van der Waals surface area contributed by atoms with Gasteiger partial charge in [-0.15, -0.1) is 0 Å². The van der Waals surface area contributed by atoms with Crippen molar-refractivity contribution in [1.82, 2.24) is 5.43 Å². The van der Waals surface area contributed by atoms with Gasteiger partial charge in [0.2, 0.25) is 0 Å². The predicted octanol–water partition coefficient (Wildman–Crippen LogP) is 22.2. The van der Waals surface area contributed by atoms with E-state index in [0.29, 0.717) is 0 Å². The smallest absolute Gasteiger partial charge is 0.0652 e. The van der Waals surface area contributed by atoms with Gasteiger partial charge in [0.15, 0.2) is 0 Å². The second kappa shape index (κ2) is 28.0. The summed E-state index contributed by atoms with van der Waals surface area (Å²) in [5.74, 6) is 0. The highest BCUT2D eigenvalue weighted by molar-refractivity contribution is 6.23. The Morgan fingerprint density at radius 3 is 1.16 bits per heavy atom. The van der Waals surface area contributed by atoms with Gasteiger partial charge in [0.05, 0.1) is 40.3 Å². The van der Waals surface area contributed by atoms with E-state index < -0.39 is 0 Å². The van der Waals surface area contributed by atoms with Crippen LogP contribution in [0.5, 0.6) is 0 Å². The van der Waals surface area contributed by atoms with Gasteiger partial charge in [0, 0.05) is 18.3 Å². The SMILES string of the molecule is C(=N\N(c1ccccc1)c1ccccc1)/c1c2ccccc2cc2ccccc12.Cc1ccc(C(=C/C=N/N(c2ccccc2)c2ccccc2)c2ccc(C)cc2)cc1.c1ccc(N(NCc2ccc3ccc4cccc5ccc2c3c45)c2ccccc2)cc1. The number of aryl methyl sites for hydroxylation is 2. The third-order valence-electron chi connectivity index (χ3n) is 16.3. The number of allylic oxidation sites excluding steroid dienone is 1. The molecule has 6 heteroatoms. The third-order valence-corrected chi connectivity index (χ3v) is 16.3. The molecule has 0 aliphatic rings. The van der Waals surface area contributed by atoms with Crippen molar-refractivity contribution in [2.45, 2.75) is 20.4 Å². The molecule has 0 aliphatic carbocycles. The molecule has 0 aliphatic heterocycles. The molecule has 0 bridgehead atoms. The summed E-state index contributed by atoms with van der Waals surface area (Å²) >= 11 is 0. The van der Waals surface area contributed by atoms with E-state index in [1.165, 1.54) is 81.7 Å². The molecule has 6 nitrogen and oxygen atoms in total. The lowest BCUT2D eigenvalue weighted by Gasteiger charge is -2.26. The van der Waals surface area contributed by atoms with E-state index in [1.54, 1.807) is 0 Å². The Kier molecular flexibility index (Phi) is 17.9. The first-order chi connectivity index (χ1) is 45.0. The first-order valence-corrected chi connectivity index (χ1v) is 30.9. The van der Waals surface area contributed by atoms with E-state index in [4.69, 9.17) is 10.2 Å². The Labute approximate surface area is 533 Å². The average Bonchev–Trinajstić information content (AvgIpc) is 1.06. The van der Waals surface area contributed by atoms with Crippen molar-refractivity contribution in [1.29, 1.82) is 0 Å². The van der Waals surface area contributed by atoms with Gasteiger partial charge in [-0.3, -0.25) is 5.01 Å². The van der Waals surface area contributed by atoms with Crippen molar-refractivity contribution in [3.63, 3.8) is 0 Å². The standard InChI is InChI=1S/C29H22N2.C29H26N2.C27H20N2/c1-3-10-25(11-4-1)31(26-12-5-2-6-13-26)30-20-24-17-16-23-15-14-21-8-7-9-22-18-19-27(24)29(23)28(21)22;1-23-13-17-25(18-14-23)29(26-19-15-24(2)16-20-26)21-22-30-31(27-9-5-3-6-10-27)28-11-7-4-8-12-28;1-3-13-23(14-4-1)29(24-15-5-2-6-16-24)28-20-27-25-17-9-7-11-21(25)19-22-12-8-10-18-26(22)27/h1-19,30H,20H2;3-22H,1-2H3;1-20H/b;30-22+;28-20+. The van der Waals surface area contributed by atoms with Crippen LogP contribution in [0.2, 0.25) is 0 Å². The number of hydrazine groups is 1. The second-order valence-electron chi connectivity index (χ2n) is 22.4. The average molecular weight is 1170 g/mol. The summed E-state index contributed by atoms with van der Waals surface area (Å²) in [6.07, 6.45) is 5.97. The van der Waals surface area contributed by atoms with E-state index in [9.17, 15) is 0 Å². The Morgan fingerprint density at radius 1 is 0.330 bits per heavy atom. The molecule has 0 unspecified atom stereocenters. The van der Waals surface area contributed by atoms with Gasteiger partial charge in [-0.2, -0.15) is 10.2 Å². The first-order valence-electron chi connectivity index (χ1n) is 30.9. The van der Waals surface area contributed by atoms with Gasteiger partial charge in [-0.1, -0.05) is 272 Å². The number of nitrogens with zero attached hydrogens (tertiary/aromatic N) is 5. The van der Waals surface area contributed by atoms with Crippen LogP contribution < -0.4 is 20.5 Å². The summed E-state index contributed by atoms with van der Waals surface area (Å²) in [6, 6.07) is 118. The van der Waals surface area contributed by atoms with Gasteiger partial charge in [0.1, 0.15) is 0 Å². The zero-order valence-electron chi connectivity index (χ0n) is 51.0. The fraction of sp³-hybridized carbons (Fsp3) is 0.0353. The first kappa shape index (κ1) is 58.3. The Hall–Kier alpha value is -11.7.